The van der Waals surface area contributed by atoms with Gasteiger partial charge in [0.2, 0.25) is 5.91 Å². The maximum atomic E-state index is 12.4. The van der Waals surface area contributed by atoms with Crippen LogP contribution in [0.1, 0.15) is 63.0 Å². The molecule has 1 heterocycles. The molecule has 1 unspecified atom stereocenters. The zero-order chi connectivity index (χ0) is 14.2. The second-order valence-corrected chi connectivity index (χ2v) is 6.48. The Hall–Kier alpha value is -1.32. The summed E-state index contributed by atoms with van der Waals surface area (Å²) < 4.78 is 5.18. The van der Waals surface area contributed by atoms with Crippen molar-refractivity contribution < 1.29 is 9.32 Å². The summed E-state index contributed by atoms with van der Waals surface area (Å²) in [5.74, 6) is 0.723. The Kier molecular flexibility index (Phi) is 3.70. The SMILES string of the molecule is CCC(C(=O)NC1CC(C)(C)C1)c1c(C)noc1C. The predicted octanol–water partition coefficient (Wildman–Crippen LogP) is 3.09. The molecule has 0 bridgehead atoms. The van der Waals surface area contributed by atoms with E-state index in [4.69, 9.17) is 4.52 Å². The normalized spacial score (nSPS) is 19.8. The molecule has 0 aromatic carbocycles. The highest BCUT2D eigenvalue weighted by atomic mass is 16.5. The molecule has 1 N–H and O–H groups in total. The molecule has 1 aliphatic carbocycles. The van der Waals surface area contributed by atoms with Gasteiger partial charge < -0.3 is 9.84 Å². The Labute approximate surface area is 114 Å². The van der Waals surface area contributed by atoms with Crippen molar-refractivity contribution in [1.29, 1.82) is 0 Å². The fourth-order valence-corrected chi connectivity index (χ4v) is 3.19. The highest BCUT2D eigenvalue weighted by Gasteiger charge is 2.38. The Morgan fingerprint density at radius 1 is 1.47 bits per heavy atom. The van der Waals surface area contributed by atoms with Crippen molar-refractivity contribution in [2.24, 2.45) is 5.41 Å². The first-order valence-electron chi connectivity index (χ1n) is 7.07. The largest absolute Gasteiger partial charge is 0.361 e. The molecule has 1 aliphatic rings. The van der Waals surface area contributed by atoms with Gasteiger partial charge in [0.25, 0.3) is 0 Å². The van der Waals surface area contributed by atoms with Gasteiger partial charge in [-0.25, -0.2) is 0 Å². The number of hydrogen-bond donors (Lipinski definition) is 1. The van der Waals surface area contributed by atoms with Crippen molar-refractivity contribution in [2.45, 2.75) is 65.8 Å². The lowest BCUT2D eigenvalue weighted by Gasteiger charge is -2.43. The minimum Gasteiger partial charge on any atom is -0.361 e. The molecule has 4 heteroatoms. The molecule has 1 atom stereocenters. The van der Waals surface area contributed by atoms with Crippen LogP contribution in [0.3, 0.4) is 0 Å². The first kappa shape index (κ1) is 14.1. The van der Waals surface area contributed by atoms with Crippen LogP contribution in [0.15, 0.2) is 4.52 Å². The number of hydrogen-bond acceptors (Lipinski definition) is 3. The van der Waals surface area contributed by atoms with E-state index >= 15 is 0 Å². The quantitative estimate of drug-likeness (QED) is 0.909. The second kappa shape index (κ2) is 4.99. The fraction of sp³-hybridized carbons (Fsp3) is 0.733. The van der Waals surface area contributed by atoms with Gasteiger partial charge >= 0.3 is 0 Å². The Bertz CT molecular complexity index is 449. The Balaban J connectivity index is 2.04. The number of amides is 1. The van der Waals surface area contributed by atoms with Gasteiger partial charge in [-0.3, -0.25) is 4.79 Å². The topological polar surface area (TPSA) is 55.1 Å². The standard InChI is InChI=1S/C15H24N2O2/c1-6-12(13-9(2)17-19-10(13)3)14(18)16-11-7-15(4,5)8-11/h11-12H,6-8H2,1-5H3,(H,16,18). The smallest absolute Gasteiger partial charge is 0.227 e. The average Bonchev–Trinajstić information content (AvgIpc) is 2.59. The molecule has 1 fully saturated rings. The number of rotatable bonds is 4. The number of aromatic nitrogens is 1. The number of carbonyl (C=O) groups excluding carboxylic acids is 1. The van der Waals surface area contributed by atoms with Gasteiger partial charge in [0, 0.05) is 11.6 Å². The monoisotopic (exact) mass is 264 g/mol. The van der Waals surface area contributed by atoms with Crippen LogP contribution in [0.25, 0.3) is 0 Å². The molecule has 0 aliphatic heterocycles. The Morgan fingerprint density at radius 3 is 2.53 bits per heavy atom. The van der Waals surface area contributed by atoms with Gasteiger partial charge in [-0.2, -0.15) is 0 Å². The van der Waals surface area contributed by atoms with E-state index in [0.717, 1.165) is 36.3 Å². The lowest BCUT2D eigenvalue weighted by Crippen LogP contribution is -2.49. The molecule has 0 spiro atoms. The van der Waals surface area contributed by atoms with Crippen molar-refractivity contribution in [3.05, 3.63) is 17.0 Å². The van der Waals surface area contributed by atoms with Gasteiger partial charge in [-0.15, -0.1) is 0 Å². The van der Waals surface area contributed by atoms with Crippen LogP contribution in [-0.4, -0.2) is 17.1 Å². The third-order valence-corrected chi connectivity index (χ3v) is 4.11. The summed E-state index contributed by atoms with van der Waals surface area (Å²) in [6.07, 6.45) is 2.90. The summed E-state index contributed by atoms with van der Waals surface area (Å²) in [7, 11) is 0. The van der Waals surface area contributed by atoms with Crippen molar-refractivity contribution in [3.8, 4) is 0 Å². The third kappa shape index (κ3) is 2.82. The number of nitrogens with one attached hydrogen (secondary N) is 1. The maximum Gasteiger partial charge on any atom is 0.227 e. The molecule has 4 nitrogen and oxygen atoms in total. The molecule has 1 aromatic rings. The summed E-state index contributed by atoms with van der Waals surface area (Å²) >= 11 is 0. The summed E-state index contributed by atoms with van der Waals surface area (Å²) in [6, 6.07) is 0.331. The number of aryl methyl sites for hydroxylation is 2. The van der Waals surface area contributed by atoms with E-state index in [1.807, 2.05) is 20.8 Å². The first-order valence-corrected chi connectivity index (χ1v) is 7.07. The summed E-state index contributed by atoms with van der Waals surface area (Å²) in [4.78, 5) is 12.4. The van der Waals surface area contributed by atoms with Crippen molar-refractivity contribution in [2.75, 3.05) is 0 Å². The number of carbonyl (C=O) groups is 1. The lowest BCUT2D eigenvalue weighted by molar-refractivity contribution is -0.124. The van der Waals surface area contributed by atoms with Crippen molar-refractivity contribution >= 4 is 5.91 Å². The molecule has 1 amide bonds. The van der Waals surface area contributed by atoms with Gasteiger partial charge in [0.15, 0.2) is 0 Å². The highest BCUT2D eigenvalue weighted by Crippen LogP contribution is 2.40. The zero-order valence-electron chi connectivity index (χ0n) is 12.5. The van der Waals surface area contributed by atoms with E-state index in [0.29, 0.717) is 11.5 Å². The predicted molar refractivity (Wildman–Crippen MR) is 74.0 cm³/mol. The summed E-state index contributed by atoms with van der Waals surface area (Å²) in [6.45, 7) is 10.3. The third-order valence-electron chi connectivity index (χ3n) is 4.11. The van der Waals surface area contributed by atoms with E-state index < -0.39 is 0 Å². The van der Waals surface area contributed by atoms with E-state index in [1.165, 1.54) is 0 Å². The lowest BCUT2D eigenvalue weighted by atomic mass is 9.68. The van der Waals surface area contributed by atoms with Crippen LogP contribution in [0.5, 0.6) is 0 Å². The van der Waals surface area contributed by atoms with Crippen molar-refractivity contribution in [3.63, 3.8) is 0 Å². The van der Waals surface area contributed by atoms with E-state index in [1.54, 1.807) is 0 Å². The number of nitrogens with zero attached hydrogens (tertiary/aromatic N) is 1. The second-order valence-electron chi connectivity index (χ2n) is 6.48. The van der Waals surface area contributed by atoms with Crippen molar-refractivity contribution in [1.82, 2.24) is 10.5 Å². The maximum absolute atomic E-state index is 12.4. The molecule has 2 rings (SSSR count). The fourth-order valence-electron chi connectivity index (χ4n) is 3.19. The van der Waals surface area contributed by atoms with Gasteiger partial charge in [0.05, 0.1) is 11.6 Å². The molecule has 0 radical (unpaired) electrons. The molecule has 0 saturated heterocycles. The van der Waals surface area contributed by atoms with E-state index in [9.17, 15) is 4.79 Å². The average molecular weight is 264 g/mol. The molecule has 1 saturated carbocycles. The zero-order valence-corrected chi connectivity index (χ0v) is 12.5. The molecular formula is C15H24N2O2. The molecule has 106 valence electrons. The van der Waals surface area contributed by atoms with Gasteiger partial charge in [0.1, 0.15) is 5.76 Å². The minimum absolute atomic E-state index is 0.109. The van der Waals surface area contributed by atoms with Crippen LogP contribution in [0, 0.1) is 19.3 Å². The van der Waals surface area contributed by atoms with Crippen LogP contribution >= 0.6 is 0 Å². The van der Waals surface area contributed by atoms with Gasteiger partial charge in [-0.1, -0.05) is 25.9 Å². The highest BCUT2D eigenvalue weighted by molar-refractivity contribution is 5.84. The minimum atomic E-state index is -0.144. The van der Waals surface area contributed by atoms with Crippen LogP contribution in [0.4, 0.5) is 0 Å². The first-order chi connectivity index (χ1) is 8.84. The van der Waals surface area contributed by atoms with Crippen LogP contribution in [0.2, 0.25) is 0 Å². The summed E-state index contributed by atoms with van der Waals surface area (Å²) in [5.41, 5.74) is 2.16. The molecule has 1 aromatic heterocycles. The summed E-state index contributed by atoms with van der Waals surface area (Å²) in [5, 5.41) is 7.11. The van der Waals surface area contributed by atoms with Crippen LogP contribution in [-0.2, 0) is 4.79 Å². The molecule has 19 heavy (non-hydrogen) atoms. The van der Waals surface area contributed by atoms with Gasteiger partial charge in [-0.05, 0) is 38.5 Å². The van der Waals surface area contributed by atoms with Crippen LogP contribution < -0.4 is 5.32 Å². The Morgan fingerprint density at radius 2 is 2.11 bits per heavy atom. The van der Waals surface area contributed by atoms with E-state index in [-0.39, 0.29) is 11.8 Å². The van der Waals surface area contributed by atoms with E-state index in [2.05, 4.69) is 24.3 Å². The molecular weight excluding hydrogens is 240 g/mol.